The van der Waals surface area contributed by atoms with E-state index in [1.165, 1.54) is 6.26 Å². The molecular weight excluding hydrogens is 264 g/mol. The molecule has 1 saturated heterocycles. The van der Waals surface area contributed by atoms with E-state index in [9.17, 15) is 8.42 Å². The number of nitrogens with two attached hydrogens (primary N) is 1. The molecule has 2 rings (SSSR count). The second-order valence-electron chi connectivity index (χ2n) is 5.46. The average molecular weight is 286 g/mol. The molecule has 2 unspecified atom stereocenters. The maximum Gasteiger partial charge on any atom is 0.211 e. The van der Waals surface area contributed by atoms with Gasteiger partial charge in [0.2, 0.25) is 10.0 Å². The van der Waals surface area contributed by atoms with Crippen molar-refractivity contribution < 1.29 is 12.8 Å². The summed E-state index contributed by atoms with van der Waals surface area (Å²) in [5.41, 5.74) is 7.16. The van der Waals surface area contributed by atoms with Crippen molar-refractivity contribution in [2.75, 3.05) is 19.3 Å². The van der Waals surface area contributed by atoms with Crippen LogP contribution in [-0.4, -0.2) is 32.1 Å². The van der Waals surface area contributed by atoms with E-state index in [2.05, 4.69) is 0 Å². The lowest BCUT2D eigenvalue weighted by Gasteiger charge is -2.32. The third-order valence-corrected chi connectivity index (χ3v) is 4.99. The molecule has 1 aliphatic heterocycles. The fourth-order valence-electron chi connectivity index (χ4n) is 2.67. The quantitative estimate of drug-likeness (QED) is 0.913. The number of hydrogen-bond donors (Lipinski definition) is 1. The molecule has 1 aliphatic rings. The minimum absolute atomic E-state index is 0.0815. The van der Waals surface area contributed by atoms with Crippen molar-refractivity contribution in [1.82, 2.24) is 4.31 Å². The van der Waals surface area contributed by atoms with Gasteiger partial charge < -0.3 is 10.2 Å². The van der Waals surface area contributed by atoms with E-state index in [4.69, 9.17) is 10.2 Å². The van der Waals surface area contributed by atoms with Crippen LogP contribution in [0.3, 0.4) is 0 Å². The summed E-state index contributed by atoms with van der Waals surface area (Å²) in [6, 6.07) is 1.86. The lowest BCUT2D eigenvalue weighted by molar-refractivity contribution is 0.247. The number of sulfonamides is 1. The molecule has 108 valence electrons. The van der Waals surface area contributed by atoms with Crippen LogP contribution in [0, 0.1) is 12.8 Å². The lowest BCUT2D eigenvalue weighted by Crippen LogP contribution is -2.40. The number of aryl methyl sites for hydroxylation is 1. The molecule has 1 aromatic rings. The molecule has 2 heterocycles. The molecule has 0 amide bonds. The molecule has 0 aliphatic carbocycles. The first-order chi connectivity index (χ1) is 8.86. The molecule has 5 nitrogen and oxygen atoms in total. The van der Waals surface area contributed by atoms with Gasteiger partial charge in [-0.1, -0.05) is 0 Å². The largest absolute Gasteiger partial charge is 0.469 e. The molecule has 1 fully saturated rings. The Morgan fingerprint density at radius 3 is 2.89 bits per heavy atom. The molecule has 2 atom stereocenters. The third kappa shape index (κ3) is 3.81. The number of rotatable bonds is 4. The Hall–Kier alpha value is -0.850. The summed E-state index contributed by atoms with van der Waals surface area (Å²) >= 11 is 0. The maximum absolute atomic E-state index is 11.6. The van der Waals surface area contributed by atoms with E-state index in [0.29, 0.717) is 19.0 Å². The Bertz CT molecular complexity index is 524. The van der Waals surface area contributed by atoms with Crippen LogP contribution in [0.2, 0.25) is 0 Å². The van der Waals surface area contributed by atoms with Crippen molar-refractivity contribution in [3.63, 3.8) is 0 Å². The first-order valence-electron chi connectivity index (χ1n) is 6.62. The van der Waals surface area contributed by atoms with Crippen LogP contribution in [-0.2, 0) is 10.0 Å². The number of piperidine rings is 1. The summed E-state index contributed by atoms with van der Waals surface area (Å²) in [6.07, 6.45) is 5.71. The number of nitrogens with zero attached hydrogens (tertiary/aromatic N) is 1. The van der Waals surface area contributed by atoms with Crippen molar-refractivity contribution >= 4 is 10.0 Å². The fourth-order valence-corrected chi connectivity index (χ4v) is 3.62. The zero-order valence-corrected chi connectivity index (χ0v) is 12.3. The van der Waals surface area contributed by atoms with Gasteiger partial charge in [-0.25, -0.2) is 12.7 Å². The van der Waals surface area contributed by atoms with E-state index in [1.54, 1.807) is 10.6 Å². The smallest absolute Gasteiger partial charge is 0.211 e. The van der Waals surface area contributed by atoms with Gasteiger partial charge in [-0.15, -0.1) is 0 Å². The third-order valence-electron chi connectivity index (χ3n) is 3.72. The van der Waals surface area contributed by atoms with Crippen LogP contribution >= 0.6 is 0 Å². The first-order valence-corrected chi connectivity index (χ1v) is 8.47. The molecule has 0 aromatic carbocycles. The van der Waals surface area contributed by atoms with Crippen molar-refractivity contribution in [2.24, 2.45) is 11.7 Å². The summed E-state index contributed by atoms with van der Waals surface area (Å²) in [5.74, 6) is 1.18. The second-order valence-corrected chi connectivity index (χ2v) is 7.44. The highest BCUT2D eigenvalue weighted by molar-refractivity contribution is 7.88. The number of furan rings is 1. The normalized spacial score (nSPS) is 23.4. The van der Waals surface area contributed by atoms with E-state index in [0.717, 1.165) is 30.6 Å². The van der Waals surface area contributed by atoms with Gasteiger partial charge in [0, 0.05) is 24.7 Å². The van der Waals surface area contributed by atoms with Crippen molar-refractivity contribution in [1.29, 1.82) is 0 Å². The molecule has 6 heteroatoms. The van der Waals surface area contributed by atoms with Gasteiger partial charge >= 0.3 is 0 Å². The van der Waals surface area contributed by atoms with E-state index in [1.807, 2.05) is 13.0 Å². The summed E-state index contributed by atoms with van der Waals surface area (Å²) in [4.78, 5) is 0. The monoisotopic (exact) mass is 286 g/mol. The Balaban J connectivity index is 1.95. The van der Waals surface area contributed by atoms with Crippen LogP contribution in [0.4, 0.5) is 0 Å². The van der Waals surface area contributed by atoms with Gasteiger partial charge in [0.25, 0.3) is 0 Å². The van der Waals surface area contributed by atoms with Gasteiger partial charge in [0.05, 0.1) is 12.5 Å². The van der Waals surface area contributed by atoms with Crippen molar-refractivity contribution in [2.45, 2.75) is 32.2 Å². The van der Waals surface area contributed by atoms with Gasteiger partial charge in [0.15, 0.2) is 0 Å². The van der Waals surface area contributed by atoms with Crippen LogP contribution in [0.15, 0.2) is 16.7 Å². The Kier molecular flexibility index (Phi) is 4.32. The standard InChI is InChI=1S/C13H22N2O3S/c1-10-6-12(9-18-10)13(14)7-11-4-3-5-15(8-11)19(2,16)17/h6,9,11,13H,3-5,7-8,14H2,1-2H3. The van der Waals surface area contributed by atoms with E-state index < -0.39 is 10.0 Å². The topological polar surface area (TPSA) is 76.5 Å². The first kappa shape index (κ1) is 14.6. The van der Waals surface area contributed by atoms with Crippen LogP contribution in [0.1, 0.15) is 36.6 Å². The summed E-state index contributed by atoms with van der Waals surface area (Å²) in [5, 5.41) is 0. The molecule has 0 radical (unpaired) electrons. The molecule has 0 spiro atoms. The summed E-state index contributed by atoms with van der Waals surface area (Å²) < 4.78 is 30.0. The van der Waals surface area contributed by atoms with Crippen LogP contribution in [0.5, 0.6) is 0 Å². The Morgan fingerprint density at radius 2 is 2.32 bits per heavy atom. The minimum atomic E-state index is -3.08. The fraction of sp³-hybridized carbons (Fsp3) is 0.692. The van der Waals surface area contributed by atoms with E-state index >= 15 is 0 Å². The second kappa shape index (κ2) is 5.64. The predicted octanol–water partition coefficient (Wildman–Crippen LogP) is 1.65. The van der Waals surface area contributed by atoms with Crippen LogP contribution in [0.25, 0.3) is 0 Å². The molecule has 0 bridgehead atoms. The van der Waals surface area contributed by atoms with Gasteiger partial charge in [-0.3, -0.25) is 0 Å². The molecule has 19 heavy (non-hydrogen) atoms. The highest BCUT2D eigenvalue weighted by Crippen LogP contribution is 2.27. The highest BCUT2D eigenvalue weighted by atomic mass is 32.2. The summed E-state index contributed by atoms with van der Waals surface area (Å²) in [7, 11) is -3.08. The van der Waals surface area contributed by atoms with Crippen molar-refractivity contribution in [3.8, 4) is 0 Å². The highest BCUT2D eigenvalue weighted by Gasteiger charge is 2.27. The molecule has 0 saturated carbocycles. The molecule has 1 aromatic heterocycles. The molecule has 2 N–H and O–H groups in total. The predicted molar refractivity (Wildman–Crippen MR) is 74.1 cm³/mol. The average Bonchev–Trinajstić information content (AvgIpc) is 2.75. The van der Waals surface area contributed by atoms with Gasteiger partial charge in [0.1, 0.15) is 5.76 Å². The van der Waals surface area contributed by atoms with Gasteiger partial charge in [-0.2, -0.15) is 0 Å². The van der Waals surface area contributed by atoms with Crippen molar-refractivity contribution in [3.05, 3.63) is 23.7 Å². The minimum Gasteiger partial charge on any atom is -0.469 e. The zero-order valence-electron chi connectivity index (χ0n) is 11.5. The number of hydrogen-bond acceptors (Lipinski definition) is 4. The molecular formula is C13H22N2O3S. The van der Waals surface area contributed by atoms with Crippen LogP contribution < -0.4 is 5.73 Å². The maximum atomic E-state index is 11.6. The Morgan fingerprint density at radius 1 is 1.58 bits per heavy atom. The Labute approximate surface area is 114 Å². The SMILES string of the molecule is Cc1cc(C(N)CC2CCCN(S(C)(=O)=O)C2)co1. The lowest BCUT2D eigenvalue weighted by atomic mass is 9.91. The van der Waals surface area contributed by atoms with E-state index in [-0.39, 0.29) is 6.04 Å². The zero-order chi connectivity index (χ0) is 14.0. The van der Waals surface area contributed by atoms with Gasteiger partial charge in [-0.05, 0) is 38.2 Å². The summed E-state index contributed by atoms with van der Waals surface area (Å²) in [6.45, 7) is 3.11.